The fourth-order valence-corrected chi connectivity index (χ4v) is 4.23. The molecule has 0 aliphatic rings. The number of aryl methyl sites for hydroxylation is 1. The van der Waals surface area contributed by atoms with Crippen molar-refractivity contribution in [3.63, 3.8) is 0 Å². The molecular weight excluding hydrogens is 466 g/mol. The molecular formula is C26H25N3O5S. The third-order valence-electron chi connectivity index (χ3n) is 5.48. The highest BCUT2D eigenvalue weighted by atomic mass is 32.2. The van der Waals surface area contributed by atoms with Gasteiger partial charge in [0.2, 0.25) is 0 Å². The van der Waals surface area contributed by atoms with Crippen molar-refractivity contribution in [3.05, 3.63) is 71.6 Å². The second-order valence-electron chi connectivity index (χ2n) is 7.87. The summed E-state index contributed by atoms with van der Waals surface area (Å²) in [6, 6.07) is 15.3. The smallest absolute Gasteiger partial charge is 0.343 e. The van der Waals surface area contributed by atoms with Gasteiger partial charge in [-0.05, 0) is 59.8 Å². The second-order valence-corrected chi connectivity index (χ2v) is 8.66. The van der Waals surface area contributed by atoms with Crippen LogP contribution in [0.3, 0.4) is 0 Å². The second kappa shape index (κ2) is 10.6. The molecule has 0 spiro atoms. The molecule has 0 N–H and O–H groups in total. The van der Waals surface area contributed by atoms with E-state index in [1.807, 2.05) is 42.7 Å². The fraction of sp³-hybridized carbons (Fsp3) is 0.231. The Hall–Kier alpha value is -3.85. The first-order chi connectivity index (χ1) is 16.9. The SMILES string of the molecule is COc1ccc2cc(CN(C)C(=O)COC(=O)c3c(C)nc(-c4ccco4)nc3SC)ccc2c1. The zero-order valence-corrected chi connectivity index (χ0v) is 20.7. The molecule has 4 aromatic rings. The van der Waals surface area contributed by atoms with Crippen LogP contribution in [0.1, 0.15) is 21.6 Å². The van der Waals surface area contributed by atoms with E-state index in [4.69, 9.17) is 13.9 Å². The molecule has 0 saturated heterocycles. The minimum Gasteiger partial charge on any atom is -0.497 e. The van der Waals surface area contributed by atoms with Crippen molar-refractivity contribution >= 4 is 34.4 Å². The standard InChI is InChI=1S/C26H25N3O5S/c1-16-23(25(35-4)28-24(27-16)21-6-5-11-33-21)26(31)34-15-22(30)29(2)14-17-7-8-19-13-20(32-3)10-9-18(19)12-17/h5-13H,14-15H2,1-4H3. The summed E-state index contributed by atoms with van der Waals surface area (Å²) in [5.74, 6) is 0.732. The van der Waals surface area contributed by atoms with Crippen LogP contribution in [0.25, 0.3) is 22.4 Å². The monoisotopic (exact) mass is 491 g/mol. The maximum absolute atomic E-state index is 12.8. The number of aromatic nitrogens is 2. The summed E-state index contributed by atoms with van der Waals surface area (Å²) in [5.41, 5.74) is 1.66. The normalized spacial score (nSPS) is 10.9. The number of esters is 1. The predicted molar refractivity (Wildman–Crippen MR) is 134 cm³/mol. The summed E-state index contributed by atoms with van der Waals surface area (Å²) in [7, 11) is 3.31. The quantitative estimate of drug-likeness (QED) is 0.198. The highest BCUT2D eigenvalue weighted by molar-refractivity contribution is 7.98. The van der Waals surface area contributed by atoms with Crippen LogP contribution >= 0.6 is 11.8 Å². The number of furan rings is 1. The Labute approximate surface area is 207 Å². The number of benzene rings is 2. The molecule has 9 heteroatoms. The Bertz CT molecular complexity index is 1370. The van der Waals surface area contributed by atoms with Gasteiger partial charge in [-0.25, -0.2) is 14.8 Å². The maximum Gasteiger partial charge on any atom is 0.343 e. The molecule has 0 fully saturated rings. The molecule has 0 bridgehead atoms. The Morgan fingerprint density at radius 2 is 1.86 bits per heavy atom. The Kier molecular flexibility index (Phi) is 7.36. The molecule has 0 unspecified atom stereocenters. The van der Waals surface area contributed by atoms with Crippen LogP contribution in [-0.4, -0.2) is 53.8 Å². The number of ether oxygens (including phenoxy) is 2. The van der Waals surface area contributed by atoms with Gasteiger partial charge >= 0.3 is 5.97 Å². The summed E-state index contributed by atoms with van der Waals surface area (Å²) in [5, 5.41) is 2.56. The average Bonchev–Trinajstić information content (AvgIpc) is 3.41. The van der Waals surface area contributed by atoms with Crippen molar-refractivity contribution in [1.82, 2.24) is 14.9 Å². The summed E-state index contributed by atoms with van der Waals surface area (Å²) >= 11 is 1.30. The molecule has 2 heterocycles. The van der Waals surface area contributed by atoms with Crippen molar-refractivity contribution in [1.29, 1.82) is 0 Å². The Balaban J connectivity index is 1.40. The van der Waals surface area contributed by atoms with Crippen molar-refractivity contribution in [2.75, 3.05) is 27.0 Å². The first-order valence-electron chi connectivity index (χ1n) is 10.8. The van der Waals surface area contributed by atoms with E-state index in [0.717, 1.165) is 22.1 Å². The maximum atomic E-state index is 12.8. The molecule has 2 aromatic heterocycles. The molecule has 4 rings (SSSR count). The molecule has 35 heavy (non-hydrogen) atoms. The molecule has 0 radical (unpaired) electrons. The number of fused-ring (bicyclic) bond motifs is 1. The lowest BCUT2D eigenvalue weighted by Crippen LogP contribution is -2.31. The van der Waals surface area contributed by atoms with Crippen LogP contribution in [0, 0.1) is 6.92 Å². The molecule has 0 aliphatic carbocycles. The summed E-state index contributed by atoms with van der Waals surface area (Å²) in [6.45, 7) is 1.70. The molecule has 8 nitrogen and oxygen atoms in total. The zero-order valence-electron chi connectivity index (χ0n) is 19.9. The number of carbonyl (C=O) groups is 2. The van der Waals surface area contributed by atoms with E-state index in [1.165, 1.54) is 22.9 Å². The molecule has 180 valence electrons. The number of nitrogens with zero attached hydrogens (tertiary/aromatic N) is 3. The van der Waals surface area contributed by atoms with Crippen LogP contribution in [0.5, 0.6) is 5.75 Å². The zero-order chi connectivity index (χ0) is 24.9. The minimum absolute atomic E-state index is 0.244. The van der Waals surface area contributed by atoms with Crippen molar-refractivity contribution in [2.45, 2.75) is 18.5 Å². The number of methoxy groups -OCH3 is 1. The van der Waals surface area contributed by atoms with Crippen LogP contribution < -0.4 is 4.74 Å². The van der Waals surface area contributed by atoms with E-state index in [2.05, 4.69) is 9.97 Å². The first kappa shape index (κ1) is 24.3. The number of rotatable bonds is 8. The lowest BCUT2D eigenvalue weighted by Gasteiger charge is -2.18. The van der Waals surface area contributed by atoms with Gasteiger partial charge in [-0.15, -0.1) is 11.8 Å². The Morgan fingerprint density at radius 3 is 2.57 bits per heavy atom. The van der Waals surface area contributed by atoms with Gasteiger partial charge in [-0.2, -0.15) is 0 Å². The van der Waals surface area contributed by atoms with Crippen LogP contribution in [0.4, 0.5) is 0 Å². The van der Waals surface area contributed by atoms with Gasteiger partial charge in [0.25, 0.3) is 5.91 Å². The van der Waals surface area contributed by atoms with Crippen molar-refractivity contribution in [2.24, 2.45) is 0 Å². The highest BCUT2D eigenvalue weighted by Crippen LogP contribution is 2.26. The summed E-state index contributed by atoms with van der Waals surface area (Å²) in [4.78, 5) is 35.8. The number of amides is 1. The largest absolute Gasteiger partial charge is 0.497 e. The van der Waals surface area contributed by atoms with Gasteiger partial charge in [0.15, 0.2) is 18.2 Å². The van der Waals surface area contributed by atoms with E-state index in [9.17, 15) is 9.59 Å². The van der Waals surface area contributed by atoms with E-state index in [0.29, 0.717) is 28.8 Å². The van der Waals surface area contributed by atoms with E-state index >= 15 is 0 Å². The number of thioether (sulfide) groups is 1. The molecule has 0 aliphatic heterocycles. The van der Waals surface area contributed by atoms with Gasteiger partial charge in [0.1, 0.15) is 16.3 Å². The third-order valence-corrected chi connectivity index (χ3v) is 6.16. The van der Waals surface area contributed by atoms with Gasteiger partial charge < -0.3 is 18.8 Å². The number of carbonyl (C=O) groups excluding carboxylic acids is 2. The van der Waals surface area contributed by atoms with E-state index < -0.39 is 5.97 Å². The number of hydrogen-bond acceptors (Lipinski definition) is 8. The van der Waals surface area contributed by atoms with Crippen LogP contribution in [0.2, 0.25) is 0 Å². The first-order valence-corrected chi connectivity index (χ1v) is 12.1. The number of likely N-dealkylation sites (N-methyl/N-ethyl adjacent to an activating group) is 1. The molecule has 2 aromatic carbocycles. The molecule has 1 amide bonds. The Morgan fingerprint density at radius 1 is 1.09 bits per heavy atom. The highest BCUT2D eigenvalue weighted by Gasteiger charge is 2.22. The lowest BCUT2D eigenvalue weighted by atomic mass is 10.1. The van der Waals surface area contributed by atoms with Crippen molar-refractivity contribution < 1.29 is 23.5 Å². The van der Waals surface area contributed by atoms with Crippen molar-refractivity contribution in [3.8, 4) is 17.3 Å². The van der Waals surface area contributed by atoms with Crippen LogP contribution in [0.15, 0.2) is 64.2 Å². The topological polar surface area (TPSA) is 94.8 Å². The van der Waals surface area contributed by atoms with Gasteiger partial charge in [-0.3, -0.25) is 4.79 Å². The van der Waals surface area contributed by atoms with E-state index in [-0.39, 0.29) is 18.1 Å². The summed E-state index contributed by atoms with van der Waals surface area (Å²) < 4.78 is 16.0. The van der Waals surface area contributed by atoms with Gasteiger partial charge in [0.05, 0.1) is 19.1 Å². The van der Waals surface area contributed by atoms with E-state index in [1.54, 1.807) is 33.2 Å². The minimum atomic E-state index is -0.640. The summed E-state index contributed by atoms with van der Waals surface area (Å²) in [6.07, 6.45) is 3.34. The predicted octanol–water partition coefficient (Wildman–Crippen LogP) is 4.74. The van der Waals surface area contributed by atoms with Gasteiger partial charge in [0, 0.05) is 13.6 Å². The third kappa shape index (κ3) is 5.46. The fourth-order valence-electron chi connectivity index (χ4n) is 3.62. The lowest BCUT2D eigenvalue weighted by molar-refractivity contribution is -0.133. The average molecular weight is 492 g/mol. The number of hydrogen-bond donors (Lipinski definition) is 0. The molecule has 0 atom stereocenters. The van der Waals surface area contributed by atoms with Gasteiger partial charge in [-0.1, -0.05) is 18.2 Å². The molecule has 0 saturated carbocycles. The van der Waals surface area contributed by atoms with Crippen LogP contribution in [-0.2, 0) is 16.1 Å².